The molecule has 92 valence electrons. The van der Waals surface area contributed by atoms with Crippen LogP contribution in [-0.4, -0.2) is 6.54 Å². The van der Waals surface area contributed by atoms with Crippen molar-refractivity contribution in [1.82, 2.24) is 0 Å². The molecule has 0 aromatic heterocycles. The van der Waals surface area contributed by atoms with Crippen LogP contribution in [0.3, 0.4) is 0 Å². The molecule has 0 unspecified atom stereocenters. The van der Waals surface area contributed by atoms with E-state index in [1.54, 1.807) is 19.1 Å². The lowest BCUT2D eigenvalue weighted by atomic mass is 10.2. The van der Waals surface area contributed by atoms with Gasteiger partial charge in [-0.25, -0.2) is 4.39 Å². The Morgan fingerprint density at radius 3 is 2.61 bits per heavy atom. The van der Waals surface area contributed by atoms with Crippen molar-refractivity contribution in [1.29, 1.82) is 0 Å². The van der Waals surface area contributed by atoms with Gasteiger partial charge in [-0.3, -0.25) is 0 Å². The first kappa shape index (κ1) is 12.4. The van der Waals surface area contributed by atoms with E-state index in [1.807, 2.05) is 48.6 Å². The highest BCUT2D eigenvalue weighted by molar-refractivity contribution is 5.52. The fraction of sp³-hybridized carbons (Fsp3) is 0.125. The average molecular weight is 241 g/mol. The van der Waals surface area contributed by atoms with Gasteiger partial charge in [0.15, 0.2) is 0 Å². The summed E-state index contributed by atoms with van der Waals surface area (Å²) in [5, 5.41) is 3.06. The smallest absolute Gasteiger partial charge is 0.149 e. The number of anilines is 1. The van der Waals surface area contributed by atoms with Gasteiger partial charge in [0.25, 0.3) is 0 Å². The van der Waals surface area contributed by atoms with Crippen molar-refractivity contribution < 1.29 is 4.39 Å². The van der Waals surface area contributed by atoms with Crippen LogP contribution < -0.4 is 5.32 Å². The molecule has 18 heavy (non-hydrogen) atoms. The van der Waals surface area contributed by atoms with Crippen LogP contribution in [0.25, 0.3) is 6.08 Å². The van der Waals surface area contributed by atoms with Gasteiger partial charge in [0.2, 0.25) is 0 Å². The van der Waals surface area contributed by atoms with E-state index in [0.29, 0.717) is 17.8 Å². The lowest BCUT2D eigenvalue weighted by Crippen LogP contribution is -2.01. The summed E-state index contributed by atoms with van der Waals surface area (Å²) < 4.78 is 13.7. The van der Waals surface area contributed by atoms with Crippen LogP contribution in [0.1, 0.15) is 11.1 Å². The fourth-order valence-corrected chi connectivity index (χ4v) is 1.71. The Bertz CT molecular complexity index is 532. The van der Waals surface area contributed by atoms with Gasteiger partial charge in [-0.15, -0.1) is 0 Å². The van der Waals surface area contributed by atoms with Crippen molar-refractivity contribution in [3.05, 3.63) is 71.6 Å². The zero-order valence-corrected chi connectivity index (χ0v) is 10.4. The van der Waals surface area contributed by atoms with Crippen LogP contribution in [0.2, 0.25) is 0 Å². The summed E-state index contributed by atoms with van der Waals surface area (Å²) in [5.74, 6) is -0.175. The standard InChI is InChI=1S/C16H16FN/c1-13-7-5-11-15(16(13)17)18-12-6-10-14-8-3-2-4-9-14/h2-11,18H,12H2,1H3/b10-6+. The maximum absolute atomic E-state index is 13.7. The average Bonchev–Trinajstić information content (AvgIpc) is 2.40. The summed E-state index contributed by atoms with van der Waals surface area (Å²) in [6.07, 6.45) is 4.00. The minimum atomic E-state index is -0.175. The molecule has 0 atom stereocenters. The minimum Gasteiger partial charge on any atom is -0.379 e. The maximum Gasteiger partial charge on any atom is 0.149 e. The second kappa shape index (κ2) is 6.01. The van der Waals surface area contributed by atoms with Gasteiger partial charge in [-0.1, -0.05) is 54.6 Å². The number of hydrogen-bond donors (Lipinski definition) is 1. The monoisotopic (exact) mass is 241 g/mol. The SMILES string of the molecule is Cc1cccc(NC/C=C/c2ccccc2)c1F. The molecule has 0 bridgehead atoms. The van der Waals surface area contributed by atoms with E-state index in [4.69, 9.17) is 0 Å². The molecular formula is C16H16FN. The van der Waals surface area contributed by atoms with Gasteiger partial charge >= 0.3 is 0 Å². The minimum absolute atomic E-state index is 0.175. The van der Waals surface area contributed by atoms with Crippen molar-refractivity contribution in [3.63, 3.8) is 0 Å². The van der Waals surface area contributed by atoms with Crippen molar-refractivity contribution in [2.24, 2.45) is 0 Å². The second-order valence-corrected chi connectivity index (χ2v) is 4.13. The van der Waals surface area contributed by atoms with Gasteiger partial charge in [0, 0.05) is 6.54 Å². The number of hydrogen-bond acceptors (Lipinski definition) is 1. The molecule has 0 saturated carbocycles. The Morgan fingerprint density at radius 2 is 1.83 bits per heavy atom. The summed E-state index contributed by atoms with van der Waals surface area (Å²) in [6.45, 7) is 2.37. The first-order chi connectivity index (χ1) is 8.77. The quantitative estimate of drug-likeness (QED) is 0.843. The Hall–Kier alpha value is -2.09. The topological polar surface area (TPSA) is 12.0 Å². The van der Waals surface area contributed by atoms with Crippen LogP contribution in [0.5, 0.6) is 0 Å². The van der Waals surface area contributed by atoms with Gasteiger partial charge in [-0.05, 0) is 24.1 Å². The number of rotatable bonds is 4. The van der Waals surface area contributed by atoms with Gasteiger partial charge in [-0.2, -0.15) is 0 Å². The number of aryl methyl sites for hydroxylation is 1. The molecule has 0 aliphatic heterocycles. The molecule has 2 rings (SSSR count). The Kier molecular flexibility index (Phi) is 4.13. The molecule has 0 saturated heterocycles. The highest BCUT2D eigenvalue weighted by Gasteiger charge is 2.01. The van der Waals surface area contributed by atoms with Crippen molar-refractivity contribution in [3.8, 4) is 0 Å². The molecule has 0 aliphatic rings. The third-order valence-electron chi connectivity index (χ3n) is 2.71. The first-order valence-electron chi connectivity index (χ1n) is 5.98. The van der Waals surface area contributed by atoms with Crippen LogP contribution >= 0.6 is 0 Å². The van der Waals surface area contributed by atoms with E-state index < -0.39 is 0 Å². The third kappa shape index (κ3) is 3.20. The van der Waals surface area contributed by atoms with Crippen LogP contribution in [0.4, 0.5) is 10.1 Å². The van der Waals surface area contributed by atoms with Crippen molar-refractivity contribution in [2.45, 2.75) is 6.92 Å². The summed E-state index contributed by atoms with van der Waals surface area (Å²) in [7, 11) is 0. The predicted octanol–water partition coefficient (Wildman–Crippen LogP) is 4.26. The highest BCUT2D eigenvalue weighted by atomic mass is 19.1. The van der Waals surface area contributed by atoms with Gasteiger partial charge < -0.3 is 5.32 Å². The summed E-state index contributed by atoms with van der Waals surface area (Å²) >= 11 is 0. The number of halogens is 1. The molecule has 0 fully saturated rings. The van der Waals surface area contributed by atoms with E-state index in [1.165, 1.54) is 0 Å². The van der Waals surface area contributed by atoms with Crippen LogP contribution in [-0.2, 0) is 0 Å². The van der Waals surface area contributed by atoms with E-state index >= 15 is 0 Å². The zero-order chi connectivity index (χ0) is 12.8. The maximum atomic E-state index is 13.7. The molecule has 0 spiro atoms. The highest BCUT2D eigenvalue weighted by Crippen LogP contribution is 2.16. The summed E-state index contributed by atoms with van der Waals surface area (Å²) in [6, 6.07) is 15.4. The Labute approximate surface area is 107 Å². The molecule has 0 amide bonds. The number of nitrogens with one attached hydrogen (secondary N) is 1. The Balaban J connectivity index is 1.93. The normalized spacial score (nSPS) is 10.8. The zero-order valence-electron chi connectivity index (χ0n) is 10.4. The van der Waals surface area contributed by atoms with Crippen molar-refractivity contribution >= 4 is 11.8 Å². The summed E-state index contributed by atoms with van der Waals surface area (Å²) in [4.78, 5) is 0. The Morgan fingerprint density at radius 1 is 1.06 bits per heavy atom. The van der Waals surface area contributed by atoms with Crippen LogP contribution in [0.15, 0.2) is 54.6 Å². The summed E-state index contributed by atoms with van der Waals surface area (Å²) in [5.41, 5.74) is 2.35. The molecule has 0 aliphatic carbocycles. The fourth-order valence-electron chi connectivity index (χ4n) is 1.71. The van der Waals surface area contributed by atoms with E-state index in [2.05, 4.69) is 5.32 Å². The molecule has 0 radical (unpaired) electrons. The van der Waals surface area contributed by atoms with E-state index in [9.17, 15) is 4.39 Å². The molecule has 0 heterocycles. The first-order valence-corrected chi connectivity index (χ1v) is 5.98. The van der Waals surface area contributed by atoms with Gasteiger partial charge in [0.05, 0.1) is 5.69 Å². The third-order valence-corrected chi connectivity index (χ3v) is 2.71. The molecule has 2 aromatic carbocycles. The molecule has 1 N–H and O–H groups in total. The number of benzene rings is 2. The van der Waals surface area contributed by atoms with Crippen LogP contribution in [0, 0.1) is 12.7 Å². The lowest BCUT2D eigenvalue weighted by molar-refractivity contribution is 0.621. The molecule has 2 heteroatoms. The molecule has 1 nitrogen and oxygen atoms in total. The lowest BCUT2D eigenvalue weighted by Gasteiger charge is -2.06. The van der Waals surface area contributed by atoms with Gasteiger partial charge in [0.1, 0.15) is 5.82 Å². The molecular weight excluding hydrogens is 225 g/mol. The molecule has 2 aromatic rings. The van der Waals surface area contributed by atoms with Crippen molar-refractivity contribution in [2.75, 3.05) is 11.9 Å². The second-order valence-electron chi connectivity index (χ2n) is 4.13. The predicted molar refractivity (Wildman–Crippen MR) is 75.1 cm³/mol. The van der Waals surface area contributed by atoms with E-state index in [-0.39, 0.29) is 5.82 Å². The largest absolute Gasteiger partial charge is 0.379 e. The van der Waals surface area contributed by atoms with E-state index in [0.717, 1.165) is 5.56 Å².